The van der Waals surface area contributed by atoms with Gasteiger partial charge < -0.3 is 10.6 Å². The van der Waals surface area contributed by atoms with E-state index in [1.807, 2.05) is 13.1 Å². The van der Waals surface area contributed by atoms with E-state index < -0.39 is 0 Å². The zero-order valence-corrected chi connectivity index (χ0v) is 11.7. The lowest BCUT2D eigenvalue weighted by Gasteiger charge is -2.08. The summed E-state index contributed by atoms with van der Waals surface area (Å²) in [5.74, 6) is 0. The number of aromatic nitrogens is 3. The fourth-order valence-electron chi connectivity index (χ4n) is 1.81. The molecule has 0 fully saturated rings. The van der Waals surface area contributed by atoms with Gasteiger partial charge in [-0.05, 0) is 13.1 Å². The molecule has 2 aromatic rings. The number of hydrogen-bond acceptors (Lipinski definition) is 6. The fraction of sp³-hybridized carbons (Fsp3) is 0.286. The zero-order chi connectivity index (χ0) is 15.1. The van der Waals surface area contributed by atoms with Gasteiger partial charge >= 0.3 is 0 Å². The second-order valence-electron chi connectivity index (χ2n) is 4.39. The van der Waals surface area contributed by atoms with Crippen LogP contribution in [0, 0.1) is 11.3 Å². The van der Waals surface area contributed by atoms with Crippen molar-refractivity contribution in [1.82, 2.24) is 20.1 Å². The number of rotatable bonds is 6. The Bertz CT molecular complexity index is 703. The highest BCUT2D eigenvalue weighted by atomic mass is 16.1. The Labute approximate surface area is 122 Å². The van der Waals surface area contributed by atoms with Gasteiger partial charge in [-0.2, -0.15) is 10.4 Å². The summed E-state index contributed by atoms with van der Waals surface area (Å²) in [6, 6.07) is 6.99. The van der Waals surface area contributed by atoms with E-state index in [4.69, 9.17) is 5.26 Å². The lowest BCUT2D eigenvalue weighted by atomic mass is 10.2. The first-order valence-corrected chi connectivity index (χ1v) is 6.54. The van der Waals surface area contributed by atoms with Crippen molar-refractivity contribution in [3.63, 3.8) is 0 Å². The van der Waals surface area contributed by atoms with E-state index >= 15 is 0 Å². The van der Waals surface area contributed by atoms with Crippen molar-refractivity contribution in [3.8, 4) is 6.07 Å². The summed E-state index contributed by atoms with van der Waals surface area (Å²) in [5.41, 5.74) is 1.43. The molecule has 0 bridgehead atoms. The summed E-state index contributed by atoms with van der Waals surface area (Å²) in [5, 5.41) is 19.2. The minimum atomic E-state index is -0.225. The van der Waals surface area contributed by atoms with Crippen molar-refractivity contribution in [1.29, 1.82) is 5.26 Å². The highest BCUT2D eigenvalue weighted by molar-refractivity contribution is 5.39. The van der Waals surface area contributed by atoms with Crippen LogP contribution in [0.4, 0.5) is 5.69 Å². The minimum Gasteiger partial charge on any atom is -0.382 e. The molecule has 0 aliphatic rings. The van der Waals surface area contributed by atoms with Gasteiger partial charge in [0.15, 0.2) is 0 Å². The maximum absolute atomic E-state index is 12.0. The number of nitriles is 1. The standard InChI is InChI=1S/C14H16N6O/c1-16-5-6-17-12-7-14(21)20(19-9-12)10-11-3-2-4-18-13(11)8-15/h2-4,7,9,16-17H,5-6,10H2,1H3. The maximum Gasteiger partial charge on any atom is 0.269 e. The third-order valence-electron chi connectivity index (χ3n) is 2.89. The third-order valence-corrected chi connectivity index (χ3v) is 2.89. The van der Waals surface area contributed by atoms with Crippen LogP contribution in [0.2, 0.25) is 0 Å². The molecule has 2 N–H and O–H groups in total. The summed E-state index contributed by atoms with van der Waals surface area (Å²) in [7, 11) is 1.86. The normalized spacial score (nSPS) is 10.1. The molecule has 0 atom stereocenters. The predicted octanol–water partition coefficient (Wildman–Crippen LogP) is 0.190. The summed E-state index contributed by atoms with van der Waals surface area (Å²) in [4.78, 5) is 16.0. The largest absolute Gasteiger partial charge is 0.382 e. The van der Waals surface area contributed by atoms with E-state index in [-0.39, 0.29) is 12.1 Å². The van der Waals surface area contributed by atoms with Gasteiger partial charge in [-0.3, -0.25) is 4.79 Å². The van der Waals surface area contributed by atoms with Crippen LogP contribution in [-0.2, 0) is 6.54 Å². The number of nitrogens with zero attached hydrogens (tertiary/aromatic N) is 4. The molecule has 7 nitrogen and oxygen atoms in total. The lowest BCUT2D eigenvalue weighted by molar-refractivity contribution is 0.636. The van der Waals surface area contributed by atoms with Crippen LogP contribution in [0.5, 0.6) is 0 Å². The molecule has 0 spiro atoms. The molecule has 0 saturated carbocycles. The average Bonchev–Trinajstić information content (AvgIpc) is 2.50. The SMILES string of the molecule is CNCCNc1cnn(Cc2cccnc2C#N)c(=O)c1. The number of likely N-dealkylation sites (N-methyl/N-ethyl adjacent to an activating group) is 1. The van der Waals surface area contributed by atoms with E-state index in [1.165, 1.54) is 10.7 Å². The molecule has 108 valence electrons. The molecule has 2 heterocycles. The molecular formula is C14H16N6O. The monoisotopic (exact) mass is 284 g/mol. The first-order valence-electron chi connectivity index (χ1n) is 6.54. The molecule has 0 aromatic carbocycles. The number of anilines is 1. The van der Waals surface area contributed by atoms with Crippen LogP contribution >= 0.6 is 0 Å². The van der Waals surface area contributed by atoms with E-state index in [1.54, 1.807) is 24.5 Å². The molecule has 0 radical (unpaired) electrons. The van der Waals surface area contributed by atoms with Gasteiger partial charge in [-0.25, -0.2) is 9.67 Å². The Hall–Kier alpha value is -2.72. The molecule has 21 heavy (non-hydrogen) atoms. The number of pyridine rings is 1. The summed E-state index contributed by atoms with van der Waals surface area (Å²) in [6.07, 6.45) is 3.15. The van der Waals surface area contributed by atoms with Crippen LogP contribution < -0.4 is 16.2 Å². The van der Waals surface area contributed by atoms with Gasteiger partial charge in [-0.1, -0.05) is 6.07 Å². The topological polar surface area (TPSA) is 95.6 Å². The predicted molar refractivity (Wildman–Crippen MR) is 79.0 cm³/mol. The van der Waals surface area contributed by atoms with Crippen LogP contribution in [0.3, 0.4) is 0 Å². The van der Waals surface area contributed by atoms with Crippen LogP contribution in [-0.4, -0.2) is 34.9 Å². The van der Waals surface area contributed by atoms with E-state index in [0.717, 1.165) is 6.54 Å². The Morgan fingerprint density at radius 3 is 3.00 bits per heavy atom. The molecule has 2 rings (SSSR count). The van der Waals surface area contributed by atoms with Crippen molar-refractivity contribution in [2.24, 2.45) is 0 Å². The summed E-state index contributed by atoms with van der Waals surface area (Å²) in [6.45, 7) is 1.74. The highest BCUT2D eigenvalue weighted by Gasteiger charge is 2.06. The lowest BCUT2D eigenvalue weighted by Crippen LogP contribution is -2.24. The van der Waals surface area contributed by atoms with Crippen molar-refractivity contribution >= 4 is 5.69 Å². The quantitative estimate of drug-likeness (QED) is 0.735. The van der Waals surface area contributed by atoms with Crippen LogP contribution in [0.25, 0.3) is 0 Å². The van der Waals surface area contributed by atoms with E-state index in [0.29, 0.717) is 23.5 Å². The second-order valence-corrected chi connectivity index (χ2v) is 4.39. The molecule has 0 amide bonds. The van der Waals surface area contributed by atoms with Crippen LogP contribution in [0.15, 0.2) is 35.4 Å². The number of nitrogens with one attached hydrogen (secondary N) is 2. The molecule has 0 saturated heterocycles. The summed E-state index contributed by atoms with van der Waals surface area (Å²) < 4.78 is 1.31. The molecule has 0 unspecified atom stereocenters. The van der Waals surface area contributed by atoms with Gasteiger partial charge in [0.2, 0.25) is 0 Å². The Morgan fingerprint density at radius 2 is 2.29 bits per heavy atom. The molecule has 0 aliphatic carbocycles. The average molecular weight is 284 g/mol. The first-order chi connectivity index (χ1) is 10.2. The van der Waals surface area contributed by atoms with Crippen molar-refractivity contribution in [2.75, 3.05) is 25.5 Å². The summed E-state index contributed by atoms with van der Waals surface area (Å²) >= 11 is 0. The highest BCUT2D eigenvalue weighted by Crippen LogP contribution is 2.05. The van der Waals surface area contributed by atoms with E-state index in [2.05, 4.69) is 20.7 Å². The van der Waals surface area contributed by atoms with Crippen molar-refractivity contribution in [3.05, 3.63) is 52.2 Å². The molecule has 0 aliphatic heterocycles. The van der Waals surface area contributed by atoms with E-state index in [9.17, 15) is 4.79 Å². The van der Waals surface area contributed by atoms with Gasteiger partial charge in [0.1, 0.15) is 11.8 Å². The molecular weight excluding hydrogens is 268 g/mol. The fourth-order valence-corrected chi connectivity index (χ4v) is 1.81. The maximum atomic E-state index is 12.0. The minimum absolute atomic E-state index is 0.225. The van der Waals surface area contributed by atoms with Crippen molar-refractivity contribution < 1.29 is 0 Å². The van der Waals surface area contributed by atoms with Gasteiger partial charge in [-0.15, -0.1) is 0 Å². The Kier molecular flexibility index (Phi) is 5.01. The number of hydrogen-bond donors (Lipinski definition) is 2. The second kappa shape index (κ2) is 7.17. The molecule has 7 heteroatoms. The van der Waals surface area contributed by atoms with Crippen LogP contribution in [0.1, 0.15) is 11.3 Å². The third kappa shape index (κ3) is 3.87. The Morgan fingerprint density at radius 1 is 1.43 bits per heavy atom. The van der Waals surface area contributed by atoms with Gasteiger partial charge in [0.05, 0.1) is 18.4 Å². The van der Waals surface area contributed by atoms with Crippen molar-refractivity contribution in [2.45, 2.75) is 6.54 Å². The zero-order valence-electron chi connectivity index (χ0n) is 11.7. The Balaban J connectivity index is 2.15. The van der Waals surface area contributed by atoms with Gasteiger partial charge in [0, 0.05) is 30.9 Å². The molecule has 2 aromatic heterocycles. The first kappa shape index (κ1) is 14.7. The smallest absolute Gasteiger partial charge is 0.269 e. The van der Waals surface area contributed by atoms with Gasteiger partial charge in [0.25, 0.3) is 5.56 Å².